The van der Waals surface area contributed by atoms with Crippen LogP contribution < -0.4 is 5.48 Å². The number of carbonyl (C=O) groups is 2. The van der Waals surface area contributed by atoms with Crippen molar-refractivity contribution in [3.05, 3.63) is 11.8 Å². The molecule has 0 aromatic carbocycles. The van der Waals surface area contributed by atoms with E-state index in [1.54, 1.807) is 27.7 Å². The average Bonchev–Trinajstić information content (AvgIpc) is 2.51. The Hall–Kier alpha value is -1.80. The molecule has 0 heterocycles. The Labute approximate surface area is 146 Å². The molecule has 24 heavy (non-hydrogen) atoms. The van der Waals surface area contributed by atoms with Gasteiger partial charge in [-0.15, -0.1) is 11.6 Å². The lowest BCUT2D eigenvalue weighted by Crippen LogP contribution is -2.40. The Kier molecular flexibility index (Phi) is 10.8. The number of ether oxygens (including phenoxy) is 3. The van der Waals surface area contributed by atoms with Gasteiger partial charge < -0.3 is 19.0 Å². The lowest BCUT2D eigenvalue weighted by atomic mass is 9.93. The van der Waals surface area contributed by atoms with E-state index >= 15 is 0 Å². The van der Waals surface area contributed by atoms with E-state index in [0.29, 0.717) is 12.5 Å². The number of nitrogens with one attached hydrogen (secondary N) is 2. The molecule has 0 aliphatic rings. The van der Waals surface area contributed by atoms with Crippen LogP contribution in [0.2, 0.25) is 0 Å². The van der Waals surface area contributed by atoms with E-state index in [1.807, 2.05) is 0 Å². The summed E-state index contributed by atoms with van der Waals surface area (Å²) in [6.07, 6.45) is 0.860. The highest BCUT2D eigenvalue weighted by Gasteiger charge is 2.26. The number of hydrogen-bond donors (Lipinski definition) is 2. The minimum absolute atomic E-state index is 0.0453. The van der Waals surface area contributed by atoms with Gasteiger partial charge in [0.15, 0.2) is 0 Å². The molecule has 0 rings (SSSR count). The minimum Gasteiger partial charge on any atom is -0.463 e. The van der Waals surface area contributed by atoms with Crippen molar-refractivity contribution < 1.29 is 28.6 Å². The van der Waals surface area contributed by atoms with E-state index in [0.717, 1.165) is 6.08 Å². The van der Waals surface area contributed by atoms with E-state index < -0.39 is 23.1 Å². The van der Waals surface area contributed by atoms with Crippen LogP contribution in [0.3, 0.4) is 0 Å². The van der Waals surface area contributed by atoms with E-state index in [9.17, 15) is 9.59 Å². The number of carbonyl (C=O) groups excluding carboxylic acids is 2. The summed E-state index contributed by atoms with van der Waals surface area (Å²) in [7, 11) is 0. The Balaban J connectivity index is 4.82. The fourth-order valence-corrected chi connectivity index (χ4v) is 1.43. The first-order valence-electron chi connectivity index (χ1n) is 7.49. The number of alkyl halides is 1. The minimum atomic E-state index is -0.845. The number of hydrogen-bond acceptors (Lipinski definition) is 7. The average molecular weight is 365 g/mol. The van der Waals surface area contributed by atoms with E-state index in [2.05, 4.69) is 5.48 Å². The molecule has 0 radical (unpaired) electrons. The lowest BCUT2D eigenvalue weighted by Gasteiger charge is -2.25. The molecule has 2 N–H and O–H groups in total. The second kappa shape index (κ2) is 11.7. The van der Waals surface area contributed by atoms with Crippen molar-refractivity contribution >= 4 is 29.4 Å². The first kappa shape index (κ1) is 22.2. The van der Waals surface area contributed by atoms with Crippen LogP contribution in [-0.2, 0) is 28.6 Å². The van der Waals surface area contributed by atoms with Gasteiger partial charge in [0.2, 0.25) is 5.76 Å². The van der Waals surface area contributed by atoms with Crippen molar-refractivity contribution in [1.82, 2.24) is 5.48 Å². The fraction of sp³-hybridized carbons (Fsp3) is 0.667. The maximum atomic E-state index is 11.8. The van der Waals surface area contributed by atoms with Crippen molar-refractivity contribution in [2.75, 3.05) is 32.3 Å². The number of amidine groups is 1. The van der Waals surface area contributed by atoms with Gasteiger partial charge in [-0.25, -0.2) is 15.1 Å². The summed E-state index contributed by atoms with van der Waals surface area (Å²) in [5.74, 6) is -1.70. The van der Waals surface area contributed by atoms with Gasteiger partial charge in [0.05, 0.1) is 32.5 Å². The molecule has 0 fully saturated rings. The second-order valence-electron chi connectivity index (χ2n) is 5.19. The Morgan fingerprint density at radius 2 is 1.83 bits per heavy atom. The smallest absolute Gasteiger partial charge is 0.377 e. The zero-order chi connectivity index (χ0) is 18.6. The van der Waals surface area contributed by atoms with Crippen LogP contribution in [-0.4, -0.2) is 50.1 Å². The molecule has 0 spiro atoms. The van der Waals surface area contributed by atoms with Crippen molar-refractivity contribution in [1.29, 1.82) is 5.41 Å². The highest BCUT2D eigenvalue weighted by molar-refractivity contribution is 6.17. The summed E-state index contributed by atoms with van der Waals surface area (Å²) in [6.45, 7) is 7.59. The molecule has 0 bridgehead atoms. The molecule has 0 atom stereocenters. The van der Waals surface area contributed by atoms with E-state index in [-0.39, 0.29) is 25.7 Å². The van der Waals surface area contributed by atoms with Gasteiger partial charge >= 0.3 is 11.9 Å². The summed E-state index contributed by atoms with van der Waals surface area (Å²) in [5, 5.41) is 7.98. The van der Waals surface area contributed by atoms with Crippen LogP contribution >= 0.6 is 11.6 Å². The van der Waals surface area contributed by atoms with Crippen molar-refractivity contribution in [2.45, 2.75) is 27.7 Å². The molecule has 0 saturated heterocycles. The summed E-state index contributed by atoms with van der Waals surface area (Å²) in [6, 6.07) is 0. The molecule has 0 amide bonds. The lowest BCUT2D eigenvalue weighted by molar-refractivity contribution is -0.145. The monoisotopic (exact) mass is 364 g/mol. The molecule has 8 nitrogen and oxygen atoms in total. The van der Waals surface area contributed by atoms with Gasteiger partial charge in [0.25, 0.3) is 0 Å². The number of halogens is 1. The van der Waals surface area contributed by atoms with Crippen molar-refractivity contribution in [3.8, 4) is 0 Å². The van der Waals surface area contributed by atoms with Crippen molar-refractivity contribution in [2.24, 2.45) is 5.41 Å². The van der Waals surface area contributed by atoms with Crippen LogP contribution in [0.4, 0.5) is 0 Å². The van der Waals surface area contributed by atoms with Gasteiger partial charge in [0.1, 0.15) is 5.84 Å². The largest absolute Gasteiger partial charge is 0.463 e. The van der Waals surface area contributed by atoms with Crippen LogP contribution in [0.25, 0.3) is 0 Å². The van der Waals surface area contributed by atoms with Gasteiger partial charge in [-0.1, -0.05) is 13.8 Å². The van der Waals surface area contributed by atoms with Crippen molar-refractivity contribution in [3.63, 3.8) is 0 Å². The number of esters is 2. The predicted molar refractivity (Wildman–Crippen MR) is 88.6 cm³/mol. The van der Waals surface area contributed by atoms with Gasteiger partial charge in [-0.2, -0.15) is 0 Å². The Morgan fingerprint density at radius 3 is 2.38 bits per heavy atom. The molecule has 0 aromatic heterocycles. The third kappa shape index (κ3) is 8.73. The molecule has 0 aliphatic carbocycles. The fourth-order valence-electron chi connectivity index (χ4n) is 1.32. The molecule has 0 unspecified atom stereocenters. The third-order valence-corrected chi connectivity index (χ3v) is 2.79. The standard InChI is InChI=1S/C15H25ClN2O6/c1-5-22-12(19)9-11(13(20)23-6-2)24-18-14(17)15(3,4)10-21-8-7-16/h9H,5-8,10H2,1-4H3,(H2,17,18). The summed E-state index contributed by atoms with van der Waals surface area (Å²) in [4.78, 5) is 28.3. The van der Waals surface area contributed by atoms with Gasteiger partial charge in [0, 0.05) is 11.3 Å². The number of hydroxylamine groups is 1. The van der Waals surface area contributed by atoms with Crippen LogP contribution in [0.15, 0.2) is 11.8 Å². The van der Waals surface area contributed by atoms with Crippen LogP contribution in [0.5, 0.6) is 0 Å². The van der Waals surface area contributed by atoms with Crippen LogP contribution in [0.1, 0.15) is 27.7 Å². The van der Waals surface area contributed by atoms with E-state index in [4.69, 9.17) is 36.1 Å². The normalized spacial score (nSPS) is 11.6. The molecule has 0 saturated carbocycles. The Morgan fingerprint density at radius 1 is 1.21 bits per heavy atom. The van der Waals surface area contributed by atoms with Crippen LogP contribution in [0, 0.1) is 10.8 Å². The maximum Gasteiger partial charge on any atom is 0.377 e. The summed E-state index contributed by atoms with van der Waals surface area (Å²) in [5.41, 5.74) is 1.62. The molecule has 9 heteroatoms. The van der Waals surface area contributed by atoms with E-state index in [1.165, 1.54) is 0 Å². The maximum absolute atomic E-state index is 11.8. The molecule has 0 aliphatic heterocycles. The molecular formula is C15H25ClN2O6. The molecule has 0 aromatic rings. The highest BCUT2D eigenvalue weighted by atomic mass is 35.5. The Bertz CT molecular complexity index is 465. The zero-order valence-electron chi connectivity index (χ0n) is 14.4. The second-order valence-corrected chi connectivity index (χ2v) is 5.56. The third-order valence-electron chi connectivity index (χ3n) is 2.64. The summed E-state index contributed by atoms with van der Waals surface area (Å²) >= 11 is 5.53. The molecule has 138 valence electrons. The SMILES string of the molecule is CCOC(=O)C=C(ONC(=N)C(C)(C)COCCCl)C(=O)OCC. The molecular weight excluding hydrogens is 340 g/mol. The zero-order valence-corrected chi connectivity index (χ0v) is 15.2. The quantitative estimate of drug-likeness (QED) is 0.0840. The summed E-state index contributed by atoms with van der Waals surface area (Å²) < 4.78 is 14.8. The highest BCUT2D eigenvalue weighted by Crippen LogP contribution is 2.16. The van der Waals surface area contributed by atoms with Gasteiger partial charge in [-0.05, 0) is 13.8 Å². The number of rotatable bonds is 11. The first-order chi connectivity index (χ1) is 11.3. The topological polar surface area (TPSA) is 107 Å². The predicted octanol–water partition coefficient (Wildman–Crippen LogP) is 1.78. The first-order valence-corrected chi connectivity index (χ1v) is 8.03. The van der Waals surface area contributed by atoms with Gasteiger partial charge in [-0.3, -0.25) is 5.41 Å².